The average Bonchev–Trinajstić information content (AvgIpc) is 2.96. The number of alkyl halides is 1. The lowest BCUT2D eigenvalue weighted by Crippen LogP contribution is -2.38. The van der Waals surface area contributed by atoms with Crippen LogP contribution in [0.25, 0.3) is 0 Å². The fraction of sp³-hybridized carbons (Fsp3) is 0.545. The number of rotatable bonds is 4. The Morgan fingerprint density at radius 3 is 2.94 bits per heavy atom. The third-order valence-electron chi connectivity index (χ3n) is 3.29. The van der Waals surface area contributed by atoms with Crippen LogP contribution in [0.5, 0.6) is 0 Å². The quantitative estimate of drug-likeness (QED) is 0.499. The van der Waals surface area contributed by atoms with Crippen molar-refractivity contribution in [2.75, 3.05) is 5.88 Å². The fourth-order valence-electron chi connectivity index (χ4n) is 2.28. The second-order valence-electron chi connectivity index (χ2n) is 4.44. The Kier molecular flexibility index (Phi) is 3.86. The van der Waals surface area contributed by atoms with Gasteiger partial charge >= 0.3 is 5.82 Å². The van der Waals surface area contributed by atoms with Crippen LogP contribution in [0, 0.1) is 16.0 Å². The van der Waals surface area contributed by atoms with Crippen molar-refractivity contribution in [3.8, 4) is 0 Å². The predicted octanol–water partition coefficient (Wildman–Crippen LogP) is 2.06. The number of nitrogens with zero attached hydrogens (tertiary/aromatic N) is 1. The van der Waals surface area contributed by atoms with Crippen LogP contribution in [-0.4, -0.2) is 27.7 Å². The topological polar surface area (TPSA) is 88.0 Å². The third-order valence-corrected chi connectivity index (χ3v) is 3.68. The van der Waals surface area contributed by atoms with Crippen LogP contribution in [-0.2, 0) is 0 Å². The van der Waals surface area contributed by atoms with Gasteiger partial charge in [-0.3, -0.25) is 4.79 Å². The fourth-order valence-corrected chi connectivity index (χ4v) is 2.65. The minimum Gasteiger partial charge on any atom is -0.358 e. The molecule has 1 aromatic rings. The first-order valence-electron chi connectivity index (χ1n) is 5.82. The number of nitrogens with one attached hydrogen (secondary N) is 2. The van der Waals surface area contributed by atoms with Gasteiger partial charge in [0, 0.05) is 18.0 Å². The van der Waals surface area contributed by atoms with Crippen molar-refractivity contribution in [3.05, 3.63) is 27.9 Å². The molecule has 0 aliphatic heterocycles. The molecule has 7 heteroatoms. The minimum absolute atomic E-state index is 0.0670. The van der Waals surface area contributed by atoms with Crippen LogP contribution in [0.15, 0.2) is 12.1 Å². The number of hydrogen-bond acceptors (Lipinski definition) is 3. The van der Waals surface area contributed by atoms with Gasteiger partial charge in [-0.05, 0) is 29.7 Å². The number of H-pyrrole nitrogens is 1. The van der Waals surface area contributed by atoms with Crippen LogP contribution in [0.4, 0.5) is 5.82 Å². The maximum Gasteiger partial charge on any atom is 0.321 e. The molecule has 1 fully saturated rings. The molecular formula is C11H14ClN3O3. The van der Waals surface area contributed by atoms with E-state index in [0.717, 1.165) is 19.3 Å². The molecule has 0 saturated heterocycles. The van der Waals surface area contributed by atoms with Crippen LogP contribution in [0.2, 0.25) is 0 Å². The van der Waals surface area contributed by atoms with E-state index in [1.54, 1.807) is 0 Å². The Morgan fingerprint density at radius 2 is 2.33 bits per heavy atom. The van der Waals surface area contributed by atoms with E-state index in [1.165, 1.54) is 12.1 Å². The first-order valence-corrected chi connectivity index (χ1v) is 6.35. The lowest BCUT2D eigenvalue weighted by atomic mass is 10.1. The largest absolute Gasteiger partial charge is 0.358 e. The van der Waals surface area contributed by atoms with Gasteiger partial charge in [0.15, 0.2) is 5.69 Å². The van der Waals surface area contributed by atoms with Crippen molar-refractivity contribution in [2.45, 2.75) is 25.3 Å². The second kappa shape index (κ2) is 5.39. The summed E-state index contributed by atoms with van der Waals surface area (Å²) < 4.78 is 0. The van der Waals surface area contributed by atoms with Gasteiger partial charge in [0.2, 0.25) is 0 Å². The standard InChI is InChI=1S/C11H14ClN3O3/c12-6-7-2-1-3-8(7)14-11(16)9-4-5-10(13-9)15(17)18/h4-5,7-8,13H,1-3,6H2,(H,14,16). The molecule has 1 heterocycles. The van der Waals surface area contributed by atoms with Crippen molar-refractivity contribution < 1.29 is 9.72 Å². The lowest BCUT2D eigenvalue weighted by molar-refractivity contribution is -0.389. The molecule has 2 unspecified atom stereocenters. The van der Waals surface area contributed by atoms with Crippen molar-refractivity contribution in [2.24, 2.45) is 5.92 Å². The summed E-state index contributed by atoms with van der Waals surface area (Å²) in [7, 11) is 0. The van der Waals surface area contributed by atoms with E-state index in [9.17, 15) is 14.9 Å². The Hall–Kier alpha value is -1.56. The van der Waals surface area contributed by atoms with Crippen LogP contribution < -0.4 is 5.32 Å². The molecule has 2 rings (SSSR count). The Morgan fingerprint density at radius 1 is 1.56 bits per heavy atom. The summed E-state index contributed by atoms with van der Waals surface area (Å²) in [6, 6.07) is 2.76. The van der Waals surface area contributed by atoms with Gasteiger partial charge in [0.1, 0.15) is 0 Å². The maximum absolute atomic E-state index is 11.9. The summed E-state index contributed by atoms with van der Waals surface area (Å²) in [5.41, 5.74) is 0.210. The monoisotopic (exact) mass is 271 g/mol. The molecule has 2 atom stereocenters. The van der Waals surface area contributed by atoms with Gasteiger partial charge in [-0.15, -0.1) is 11.6 Å². The molecule has 6 nitrogen and oxygen atoms in total. The highest BCUT2D eigenvalue weighted by molar-refractivity contribution is 6.18. The number of carbonyl (C=O) groups is 1. The van der Waals surface area contributed by atoms with Gasteiger partial charge < -0.3 is 15.4 Å². The number of carbonyl (C=O) groups excluding carboxylic acids is 1. The first-order chi connectivity index (χ1) is 8.61. The number of hydrogen-bond donors (Lipinski definition) is 2. The van der Waals surface area contributed by atoms with Crippen molar-refractivity contribution in [3.63, 3.8) is 0 Å². The highest BCUT2D eigenvalue weighted by atomic mass is 35.5. The van der Waals surface area contributed by atoms with Gasteiger partial charge in [0.25, 0.3) is 5.91 Å². The molecule has 1 saturated carbocycles. The molecule has 1 amide bonds. The van der Waals surface area contributed by atoms with Crippen molar-refractivity contribution >= 4 is 23.3 Å². The number of nitro groups is 1. The minimum atomic E-state index is -0.562. The number of aromatic amines is 1. The Labute approximate surface area is 109 Å². The molecule has 1 aliphatic carbocycles. The summed E-state index contributed by atoms with van der Waals surface area (Å²) >= 11 is 5.83. The Balaban J connectivity index is 2.00. The molecule has 0 bridgehead atoms. The summed E-state index contributed by atoms with van der Waals surface area (Å²) in [4.78, 5) is 24.3. The average molecular weight is 272 g/mol. The molecule has 0 radical (unpaired) electrons. The predicted molar refractivity (Wildman–Crippen MR) is 66.8 cm³/mol. The summed E-state index contributed by atoms with van der Waals surface area (Å²) in [6.45, 7) is 0. The van der Waals surface area contributed by atoms with Crippen LogP contribution in [0.3, 0.4) is 0 Å². The third kappa shape index (κ3) is 2.64. The molecule has 0 aromatic carbocycles. The number of halogens is 1. The van der Waals surface area contributed by atoms with Crippen molar-refractivity contribution in [1.29, 1.82) is 0 Å². The van der Waals surface area contributed by atoms with Crippen molar-refractivity contribution in [1.82, 2.24) is 10.3 Å². The smallest absolute Gasteiger partial charge is 0.321 e. The Bertz CT molecular complexity index is 460. The van der Waals surface area contributed by atoms with Gasteiger partial charge in [-0.25, -0.2) is 4.98 Å². The summed E-state index contributed by atoms with van der Waals surface area (Å²) in [6.07, 6.45) is 2.97. The normalized spacial score (nSPS) is 22.9. The van der Waals surface area contributed by atoms with E-state index in [-0.39, 0.29) is 23.5 Å². The van der Waals surface area contributed by atoms with Crippen LogP contribution in [0.1, 0.15) is 29.8 Å². The van der Waals surface area contributed by atoms with E-state index in [1.807, 2.05) is 0 Å². The molecule has 1 aliphatic rings. The molecular weight excluding hydrogens is 258 g/mol. The van der Waals surface area contributed by atoms with E-state index in [2.05, 4.69) is 10.3 Å². The van der Waals surface area contributed by atoms with E-state index >= 15 is 0 Å². The molecule has 18 heavy (non-hydrogen) atoms. The number of amides is 1. The van der Waals surface area contributed by atoms with Crippen LogP contribution >= 0.6 is 11.6 Å². The lowest BCUT2D eigenvalue weighted by Gasteiger charge is -2.17. The SMILES string of the molecule is O=C(NC1CCCC1CCl)c1ccc([N+](=O)[O-])[nH]1. The van der Waals surface area contributed by atoms with E-state index in [0.29, 0.717) is 11.8 Å². The molecule has 0 spiro atoms. The summed E-state index contributed by atoms with van der Waals surface area (Å²) in [5.74, 6) is 0.321. The second-order valence-corrected chi connectivity index (χ2v) is 4.75. The zero-order chi connectivity index (χ0) is 13.1. The molecule has 2 N–H and O–H groups in total. The van der Waals surface area contributed by atoms with Gasteiger partial charge in [0.05, 0.1) is 0 Å². The van der Waals surface area contributed by atoms with Gasteiger partial charge in [-0.1, -0.05) is 6.42 Å². The highest BCUT2D eigenvalue weighted by Crippen LogP contribution is 2.26. The highest BCUT2D eigenvalue weighted by Gasteiger charge is 2.29. The number of aromatic nitrogens is 1. The van der Waals surface area contributed by atoms with E-state index in [4.69, 9.17) is 11.6 Å². The zero-order valence-electron chi connectivity index (χ0n) is 9.69. The maximum atomic E-state index is 11.9. The molecule has 98 valence electrons. The van der Waals surface area contributed by atoms with E-state index < -0.39 is 4.92 Å². The molecule has 1 aromatic heterocycles. The van der Waals surface area contributed by atoms with Gasteiger partial charge in [-0.2, -0.15) is 0 Å². The first kappa shape index (κ1) is 12.9. The zero-order valence-corrected chi connectivity index (χ0v) is 10.4. The summed E-state index contributed by atoms with van der Waals surface area (Å²) in [5, 5.41) is 13.4.